The Bertz CT molecular complexity index is 729. The van der Waals surface area contributed by atoms with Crippen molar-refractivity contribution < 1.29 is 29.7 Å². The van der Waals surface area contributed by atoms with E-state index in [4.69, 9.17) is 0 Å². The highest BCUT2D eigenvalue weighted by Crippen LogP contribution is 2.07. The lowest BCUT2D eigenvalue weighted by atomic mass is 10.0. The van der Waals surface area contributed by atoms with E-state index >= 15 is 0 Å². The Labute approximate surface area is 193 Å². The number of amides is 3. The van der Waals surface area contributed by atoms with Gasteiger partial charge in [-0.05, 0) is 13.3 Å². The van der Waals surface area contributed by atoms with Gasteiger partial charge in [0, 0.05) is 19.7 Å². The second-order valence-electron chi connectivity index (χ2n) is 8.11. The average molecular weight is 471 g/mol. The molecule has 1 unspecified atom stereocenters. The maximum Gasteiger partial charge on any atom is 0.243 e. The molecule has 188 valence electrons. The van der Waals surface area contributed by atoms with Crippen LogP contribution in [0, 0.1) is 5.92 Å². The highest BCUT2D eigenvalue weighted by molar-refractivity contribution is 5.88. The summed E-state index contributed by atoms with van der Waals surface area (Å²) in [5, 5.41) is 40.6. The molecular weight excluding hydrogens is 432 g/mol. The van der Waals surface area contributed by atoms with Gasteiger partial charge in [-0.15, -0.1) is 0 Å². The second-order valence-corrected chi connectivity index (χ2v) is 8.11. The molecule has 0 aromatic carbocycles. The molecule has 0 radical (unpaired) electrons. The first kappa shape index (κ1) is 28.5. The highest BCUT2D eigenvalue weighted by Gasteiger charge is 2.32. The van der Waals surface area contributed by atoms with Crippen molar-refractivity contribution in [1.29, 1.82) is 0 Å². The number of rotatable bonds is 15. The van der Waals surface area contributed by atoms with Crippen molar-refractivity contribution in [2.75, 3.05) is 13.7 Å². The molecule has 0 fully saturated rings. The summed E-state index contributed by atoms with van der Waals surface area (Å²) in [6.45, 7) is 4.49. The van der Waals surface area contributed by atoms with Gasteiger partial charge >= 0.3 is 0 Å². The van der Waals surface area contributed by atoms with Gasteiger partial charge in [0.1, 0.15) is 12.3 Å². The van der Waals surface area contributed by atoms with Gasteiger partial charge in [0.15, 0.2) is 0 Å². The van der Waals surface area contributed by atoms with E-state index < -0.39 is 48.2 Å². The smallest absolute Gasteiger partial charge is 0.243 e. The first-order valence-electron chi connectivity index (χ1n) is 11.2. The van der Waals surface area contributed by atoms with Gasteiger partial charge < -0.3 is 36.3 Å². The Balaban J connectivity index is 2.97. The molecule has 6 atom stereocenters. The number of carbonyl (C=O) groups is 3. The quantitative estimate of drug-likeness (QED) is 0.137. The molecule has 0 saturated carbocycles. The first-order chi connectivity index (χ1) is 15.6. The Morgan fingerprint density at radius 2 is 1.79 bits per heavy atom. The van der Waals surface area contributed by atoms with E-state index in [1.54, 1.807) is 6.20 Å². The van der Waals surface area contributed by atoms with E-state index in [1.165, 1.54) is 27.2 Å². The third-order valence-corrected chi connectivity index (χ3v) is 5.27. The number of likely N-dealkylation sites (N-methyl/N-ethyl adjacent to an activating group) is 1. The van der Waals surface area contributed by atoms with Gasteiger partial charge in [-0.25, -0.2) is 4.98 Å². The van der Waals surface area contributed by atoms with Crippen LogP contribution in [0.4, 0.5) is 0 Å². The third kappa shape index (κ3) is 9.46. The van der Waals surface area contributed by atoms with Crippen LogP contribution in [0.25, 0.3) is 0 Å². The molecule has 0 bridgehead atoms. The lowest BCUT2D eigenvalue weighted by Gasteiger charge is -2.31. The summed E-state index contributed by atoms with van der Waals surface area (Å²) in [7, 11) is 1.49. The highest BCUT2D eigenvalue weighted by atomic mass is 16.3. The molecule has 1 heterocycles. The van der Waals surface area contributed by atoms with Crippen molar-refractivity contribution in [2.24, 2.45) is 5.92 Å². The van der Waals surface area contributed by atoms with E-state index in [0.717, 1.165) is 12.8 Å². The fourth-order valence-electron chi connectivity index (χ4n) is 3.13. The fourth-order valence-corrected chi connectivity index (χ4v) is 3.13. The van der Waals surface area contributed by atoms with Gasteiger partial charge in [-0.1, -0.05) is 26.7 Å². The molecule has 12 heteroatoms. The summed E-state index contributed by atoms with van der Waals surface area (Å²) in [4.78, 5) is 44.3. The van der Waals surface area contributed by atoms with Gasteiger partial charge in [-0.3, -0.25) is 19.7 Å². The number of unbranched alkanes of at least 4 members (excludes halogenated alkanes) is 1. The number of H-pyrrole nitrogens is 1. The van der Waals surface area contributed by atoms with E-state index in [2.05, 4.69) is 31.2 Å². The first-order valence-corrected chi connectivity index (χ1v) is 11.2. The van der Waals surface area contributed by atoms with Crippen LogP contribution in [0.15, 0.2) is 12.5 Å². The number of aliphatic hydroxyl groups is 3. The minimum absolute atomic E-state index is 0.0483. The number of aromatic nitrogens is 2. The Hall–Kier alpha value is -2.54. The summed E-state index contributed by atoms with van der Waals surface area (Å²) >= 11 is 0. The fraction of sp³-hybridized carbons (Fsp3) is 0.714. The molecule has 0 aliphatic carbocycles. The molecule has 0 saturated heterocycles. The molecule has 0 spiro atoms. The maximum atomic E-state index is 13.0. The largest absolute Gasteiger partial charge is 0.396 e. The topological polar surface area (TPSA) is 189 Å². The second kappa shape index (κ2) is 14.6. The van der Waals surface area contributed by atoms with Crippen LogP contribution in [0.2, 0.25) is 0 Å². The number of carbonyl (C=O) groups excluding carboxylic acids is 3. The number of imidazole rings is 1. The molecule has 1 rings (SSSR count). The zero-order valence-electron chi connectivity index (χ0n) is 19.7. The van der Waals surface area contributed by atoms with Crippen molar-refractivity contribution in [2.45, 2.75) is 76.9 Å². The van der Waals surface area contributed by atoms with Crippen molar-refractivity contribution >= 4 is 17.7 Å². The zero-order chi connectivity index (χ0) is 25.0. The van der Waals surface area contributed by atoms with Crippen LogP contribution in [-0.4, -0.2) is 87.1 Å². The van der Waals surface area contributed by atoms with Gasteiger partial charge in [0.05, 0.1) is 42.7 Å². The lowest BCUT2D eigenvalue weighted by molar-refractivity contribution is -0.133. The summed E-state index contributed by atoms with van der Waals surface area (Å²) in [5.74, 6) is -2.24. The molecule has 1 aromatic heterocycles. The number of aliphatic hydroxyl groups excluding tert-OH is 3. The van der Waals surface area contributed by atoms with Gasteiger partial charge in [0.25, 0.3) is 0 Å². The van der Waals surface area contributed by atoms with Crippen molar-refractivity contribution in [3.63, 3.8) is 0 Å². The zero-order valence-corrected chi connectivity index (χ0v) is 19.7. The predicted octanol–water partition coefficient (Wildman–Crippen LogP) is -1.86. The van der Waals surface area contributed by atoms with E-state index in [-0.39, 0.29) is 18.9 Å². The number of nitrogens with one attached hydrogen (secondary N) is 5. The molecule has 8 N–H and O–H groups in total. The van der Waals surface area contributed by atoms with Crippen LogP contribution in [-0.2, 0) is 20.8 Å². The summed E-state index contributed by atoms with van der Waals surface area (Å²) < 4.78 is 0. The number of nitrogens with zero attached hydrogens (tertiary/aromatic N) is 1. The van der Waals surface area contributed by atoms with Gasteiger partial charge in [0.2, 0.25) is 17.7 Å². The molecular formula is C21H38N6O6. The molecule has 0 aliphatic heterocycles. The van der Waals surface area contributed by atoms with E-state index in [0.29, 0.717) is 12.1 Å². The van der Waals surface area contributed by atoms with Crippen LogP contribution in [0.5, 0.6) is 0 Å². The number of aromatic amines is 1. The molecule has 33 heavy (non-hydrogen) atoms. The van der Waals surface area contributed by atoms with Crippen LogP contribution in [0.3, 0.4) is 0 Å². The van der Waals surface area contributed by atoms with E-state index in [1.807, 2.05) is 6.92 Å². The summed E-state index contributed by atoms with van der Waals surface area (Å²) in [5.41, 5.74) is 0.513. The minimum Gasteiger partial charge on any atom is -0.396 e. The summed E-state index contributed by atoms with van der Waals surface area (Å²) in [6, 6.07) is -2.95. The van der Waals surface area contributed by atoms with Crippen molar-refractivity contribution in [3.8, 4) is 0 Å². The molecule has 1 aromatic rings. The van der Waals surface area contributed by atoms with Crippen molar-refractivity contribution in [3.05, 3.63) is 18.2 Å². The van der Waals surface area contributed by atoms with E-state index in [9.17, 15) is 29.7 Å². The minimum atomic E-state index is -1.44. The Kier molecular flexibility index (Phi) is 12.6. The third-order valence-electron chi connectivity index (χ3n) is 5.27. The normalized spacial score (nSPS) is 16.7. The van der Waals surface area contributed by atoms with Crippen LogP contribution in [0.1, 0.15) is 45.7 Å². The van der Waals surface area contributed by atoms with Crippen LogP contribution < -0.4 is 21.3 Å². The average Bonchev–Trinajstić information content (AvgIpc) is 3.30. The standard InChI is InChI=1S/C21H38N6O6/c1-5-6-7-15(19(31)22-4)25-21(33)17(13(3)29)27-20(32)16(8-14-9-23-11-24-14)26-18(30)12(2)10-28/h9,11-13,15-17,21,25,28-29,33H,5-8,10H2,1-4H3,(H,22,31)(H,23,24)(H,26,30)(H,27,32)/t12-,13?,15-,16-,17-,21-/m0/s1. The van der Waals surface area contributed by atoms with Crippen molar-refractivity contribution in [1.82, 2.24) is 31.2 Å². The molecule has 12 nitrogen and oxygen atoms in total. The van der Waals surface area contributed by atoms with Crippen LogP contribution >= 0.6 is 0 Å². The Morgan fingerprint density at radius 3 is 2.30 bits per heavy atom. The molecule has 0 aliphatic rings. The monoisotopic (exact) mass is 470 g/mol. The number of hydrogen-bond donors (Lipinski definition) is 8. The SMILES string of the molecule is CCCC[C@H](N[C@@H](O)[C@@H](NC(=O)[C@H](Cc1c[nH]cn1)NC(=O)[C@@H](C)CO)C(C)O)C(=O)NC. The summed E-state index contributed by atoms with van der Waals surface area (Å²) in [6.07, 6.45) is 2.50. The lowest BCUT2D eigenvalue weighted by Crippen LogP contribution is -2.62. The maximum absolute atomic E-state index is 13.0. The number of hydrogen-bond acceptors (Lipinski definition) is 8. The Morgan fingerprint density at radius 1 is 1.09 bits per heavy atom. The molecule has 3 amide bonds. The predicted molar refractivity (Wildman–Crippen MR) is 121 cm³/mol. The van der Waals surface area contributed by atoms with Gasteiger partial charge in [-0.2, -0.15) is 0 Å².